The molecule has 2 aliphatic rings. The molecular weight excluding hydrogens is 534 g/mol. The molecule has 1 aromatic carbocycles. The first-order valence-corrected chi connectivity index (χ1v) is 12.6. The number of rotatable bonds is 6. The summed E-state index contributed by atoms with van der Waals surface area (Å²) in [5.74, 6) is 0.199. The van der Waals surface area contributed by atoms with Gasteiger partial charge in [0.15, 0.2) is 11.5 Å². The lowest BCUT2D eigenvalue weighted by Crippen LogP contribution is -2.47. The predicted molar refractivity (Wildman–Crippen MR) is 135 cm³/mol. The third-order valence-electron chi connectivity index (χ3n) is 6.96. The third-order valence-corrected chi connectivity index (χ3v) is 7.55. The van der Waals surface area contributed by atoms with Crippen molar-refractivity contribution in [3.63, 3.8) is 0 Å². The fourth-order valence-corrected chi connectivity index (χ4v) is 5.47. The van der Waals surface area contributed by atoms with E-state index < -0.39 is 11.9 Å². The Kier molecular flexibility index (Phi) is 7.21. The molecule has 2 aromatic rings. The molecule has 2 amide bonds. The Hall–Kier alpha value is -3.21. The van der Waals surface area contributed by atoms with Gasteiger partial charge >= 0.3 is 6.09 Å². The van der Waals surface area contributed by atoms with Gasteiger partial charge in [-0.15, -0.1) is 0 Å². The largest absolute Gasteiger partial charge is 0.496 e. The Morgan fingerprint density at radius 3 is 2.50 bits per heavy atom. The van der Waals surface area contributed by atoms with Gasteiger partial charge in [0, 0.05) is 35.7 Å². The number of aryl methyl sites for hydroxylation is 1. The molecule has 11 heteroatoms. The summed E-state index contributed by atoms with van der Waals surface area (Å²) in [4.78, 5) is 39.2. The number of carboxylic acid groups (broad SMARTS) is 1. The normalized spacial score (nSPS) is 22.7. The number of H-pyrrole nitrogens is 1. The molecule has 0 spiro atoms. The number of nitrogens with one attached hydrogen (secondary N) is 3. The van der Waals surface area contributed by atoms with Crippen molar-refractivity contribution in [1.82, 2.24) is 15.6 Å². The molecule has 1 aromatic heterocycles. The molecule has 0 radical (unpaired) electrons. The molecule has 1 unspecified atom stereocenters. The van der Waals surface area contributed by atoms with Gasteiger partial charge in [0.25, 0.3) is 17.3 Å². The summed E-state index contributed by atoms with van der Waals surface area (Å²) in [5.41, 5.74) is 1.69. The van der Waals surface area contributed by atoms with Crippen LogP contribution in [0.15, 0.2) is 21.4 Å². The minimum Gasteiger partial charge on any atom is -0.496 e. The Bertz CT molecular complexity index is 1250. The number of carbonyl (C=O) groups excluding carboxylic acids is 1. The molecule has 194 valence electrons. The van der Waals surface area contributed by atoms with E-state index in [9.17, 15) is 14.4 Å². The summed E-state index contributed by atoms with van der Waals surface area (Å²) < 4.78 is 18.5. The van der Waals surface area contributed by atoms with Crippen LogP contribution < -0.4 is 30.4 Å². The molecule has 10 nitrogen and oxygen atoms in total. The lowest BCUT2D eigenvalue weighted by Gasteiger charge is -2.37. The maximum absolute atomic E-state index is 13.1. The van der Waals surface area contributed by atoms with E-state index in [-0.39, 0.29) is 30.0 Å². The van der Waals surface area contributed by atoms with Crippen molar-refractivity contribution in [1.29, 1.82) is 0 Å². The summed E-state index contributed by atoms with van der Waals surface area (Å²) in [7, 11) is 1.48. The molecule has 0 saturated heterocycles. The highest BCUT2D eigenvalue weighted by atomic mass is 79.9. The second-order valence-electron chi connectivity index (χ2n) is 9.42. The Morgan fingerprint density at radius 1 is 1.19 bits per heavy atom. The smallest absolute Gasteiger partial charge is 0.404 e. The molecule has 4 rings (SSSR count). The number of carbonyl (C=O) groups is 2. The zero-order valence-electron chi connectivity index (χ0n) is 20.6. The highest BCUT2D eigenvalue weighted by molar-refractivity contribution is 9.10. The van der Waals surface area contributed by atoms with Gasteiger partial charge < -0.3 is 34.9 Å². The SMILES string of the molecule is COc1cc(C)[nH]c(=O)c1CNC(=O)c1cc(Br)c2c(c1C)OC(C)([C@H]1CC[C@H](NC(=O)O)CC1)O2. The van der Waals surface area contributed by atoms with E-state index >= 15 is 0 Å². The van der Waals surface area contributed by atoms with E-state index in [1.807, 2.05) is 6.92 Å². The predicted octanol–water partition coefficient (Wildman–Crippen LogP) is 4.01. The van der Waals surface area contributed by atoms with E-state index in [1.54, 1.807) is 26.0 Å². The number of hydrogen-bond donors (Lipinski definition) is 4. The number of aromatic amines is 1. The average molecular weight is 564 g/mol. The van der Waals surface area contributed by atoms with Crippen molar-refractivity contribution in [2.45, 2.75) is 64.8 Å². The van der Waals surface area contributed by atoms with E-state index in [2.05, 4.69) is 31.5 Å². The van der Waals surface area contributed by atoms with Gasteiger partial charge in [0.2, 0.25) is 0 Å². The molecule has 1 aliphatic carbocycles. The fourth-order valence-electron chi connectivity index (χ4n) is 4.98. The molecule has 1 fully saturated rings. The number of methoxy groups -OCH3 is 1. The van der Waals surface area contributed by atoms with Crippen LogP contribution >= 0.6 is 15.9 Å². The van der Waals surface area contributed by atoms with Gasteiger partial charge in [0.1, 0.15) is 5.75 Å². The minimum atomic E-state index is -1.01. The van der Waals surface area contributed by atoms with Crippen molar-refractivity contribution < 1.29 is 28.9 Å². The van der Waals surface area contributed by atoms with E-state index in [4.69, 9.17) is 19.3 Å². The molecule has 36 heavy (non-hydrogen) atoms. The summed E-state index contributed by atoms with van der Waals surface area (Å²) in [6.07, 6.45) is 1.87. The number of hydrogen-bond acceptors (Lipinski definition) is 6. The number of halogens is 1. The Morgan fingerprint density at radius 2 is 1.86 bits per heavy atom. The number of fused-ring (bicyclic) bond motifs is 1. The Labute approximate surface area is 216 Å². The lowest BCUT2D eigenvalue weighted by atomic mass is 9.81. The van der Waals surface area contributed by atoms with Crippen LogP contribution in [0.3, 0.4) is 0 Å². The van der Waals surface area contributed by atoms with Gasteiger partial charge in [-0.25, -0.2) is 4.79 Å². The first kappa shape index (κ1) is 25.9. The molecule has 4 N–H and O–H groups in total. The van der Waals surface area contributed by atoms with E-state index in [0.29, 0.717) is 56.9 Å². The molecule has 0 bridgehead atoms. The number of pyridine rings is 1. The van der Waals surface area contributed by atoms with Crippen LogP contribution in [0.2, 0.25) is 0 Å². The highest BCUT2D eigenvalue weighted by Crippen LogP contribution is 2.51. The van der Waals surface area contributed by atoms with Crippen LogP contribution in [0.25, 0.3) is 0 Å². The van der Waals surface area contributed by atoms with Crippen LogP contribution in [-0.4, -0.2) is 41.0 Å². The quantitative estimate of drug-likeness (QED) is 0.416. The van der Waals surface area contributed by atoms with Crippen LogP contribution in [0, 0.1) is 19.8 Å². The van der Waals surface area contributed by atoms with Crippen molar-refractivity contribution in [3.8, 4) is 17.2 Å². The van der Waals surface area contributed by atoms with Crippen molar-refractivity contribution in [2.24, 2.45) is 5.92 Å². The second-order valence-corrected chi connectivity index (χ2v) is 10.3. The summed E-state index contributed by atoms with van der Waals surface area (Å²) in [6, 6.07) is 3.31. The van der Waals surface area contributed by atoms with Crippen molar-refractivity contribution in [2.75, 3.05) is 7.11 Å². The van der Waals surface area contributed by atoms with Crippen LogP contribution in [-0.2, 0) is 6.54 Å². The van der Waals surface area contributed by atoms with Gasteiger partial charge in [-0.3, -0.25) is 9.59 Å². The van der Waals surface area contributed by atoms with Crippen molar-refractivity contribution in [3.05, 3.63) is 49.3 Å². The van der Waals surface area contributed by atoms with Gasteiger partial charge in [-0.1, -0.05) is 0 Å². The Balaban J connectivity index is 1.50. The van der Waals surface area contributed by atoms with Gasteiger partial charge in [-0.05, 0) is 67.6 Å². The van der Waals surface area contributed by atoms with Gasteiger partial charge in [0.05, 0.1) is 23.7 Å². The van der Waals surface area contributed by atoms with E-state index in [1.165, 1.54) is 7.11 Å². The fraction of sp³-hybridized carbons (Fsp3) is 0.480. The zero-order valence-corrected chi connectivity index (χ0v) is 22.2. The van der Waals surface area contributed by atoms with Crippen molar-refractivity contribution >= 4 is 27.9 Å². The third kappa shape index (κ3) is 5.02. The van der Waals surface area contributed by atoms with Crippen LogP contribution in [0.4, 0.5) is 4.79 Å². The first-order chi connectivity index (χ1) is 17.0. The number of benzene rings is 1. The maximum Gasteiger partial charge on any atom is 0.404 e. The topological polar surface area (TPSA) is 139 Å². The van der Waals surface area contributed by atoms with Crippen LogP contribution in [0.1, 0.15) is 59.8 Å². The van der Waals surface area contributed by atoms with E-state index in [0.717, 1.165) is 12.8 Å². The first-order valence-electron chi connectivity index (χ1n) is 11.8. The summed E-state index contributed by atoms with van der Waals surface area (Å²) in [5, 5.41) is 14.3. The zero-order chi connectivity index (χ0) is 26.2. The monoisotopic (exact) mass is 563 g/mol. The van der Waals surface area contributed by atoms with Crippen LogP contribution in [0.5, 0.6) is 17.2 Å². The summed E-state index contributed by atoms with van der Waals surface area (Å²) >= 11 is 3.52. The molecule has 2 heterocycles. The molecule has 1 aliphatic heterocycles. The minimum absolute atomic E-state index is 0.00550. The number of amides is 2. The van der Waals surface area contributed by atoms with Gasteiger partial charge in [-0.2, -0.15) is 0 Å². The number of aromatic nitrogens is 1. The standard InChI is InChI=1S/C25H30BrN3O7/c1-12-9-19(34-4)17(23(31)28-12)11-27-22(30)16-10-18(26)21-20(13(16)2)35-25(3,36-21)14-5-7-15(8-6-14)29-24(32)33/h9-10,14-15,29H,5-8,11H2,1-4H3,(H,27,30)(H,28,31)(H,32,33)/t14-,15-,25?. The number of ether oxygens (including phenoxy) is 3. The second kappa shape index (κ2) is 10.0. The highest BCUT2D eigenvalue weighted by Gasteiger charge is 2.47. The maximum atomic E-state index is 13.1. The average Bonchev–Trinajstić information content (AvgIpc) is 3.20. The lowest BCUT2D eigenvalue weighted by molar-refractivity contribution is -0.121. The molecule has 1 saturated carbocycles. The molecular formula is C25H30BrN3O7. The summed E-state index contributed by atoms with van der Waals surface area (Å²) in [6.45, 7) is 5.42. The molecule has 1 atom stereocenters.